The molecule has 0 saturated heterocycles. The molecule has 0 bridgehead atoms. The minimum Gasteiger partial charge on any atom is -0.310 e. The summed E-state index contributed by atoms with van der Waals surface area (Å²) in [5.41, 5.74) is 7.21. The molecule has 1 spiro atoms. The van der Waals surface area contributed by atoms with Gasteiger partial charge in [-0.15, -0.1) is 11.3 Å². The molecule has 0 saturated carbocycles. The maximum Gasteiger partial charge on any atom is 0.171 e. The summed E-state index contributed by atoms with van der Waals surface area (Å²) in [5.74, 6) is 0. The zero-order valence-electron chi connectivity index (χ0n) is 29.1. The second-order valence-electron chi connectivity index (χ2n) is 14.0. The van der Waals surface area contributed by atoms with Crippen molar-refractivity contribution in [2.75, 3.05) is 4.90 Å². The van der Waals surface area contributed by atoms with Gasteiger partial charge < -0.3 is 9.46 Å². The topological polar surface area (TPSA) is 20.3 Å². The van der Waals surface area contributed by atoms with Gasteiger partial charge in [0.05, 0.1) is 5.41 Å². The van der Waals surface area contributed by atoms with Crippen molar-refractivity contribution in [3.05, 3.63) is 216 Å². The van der Waals surface area contributed by atoms with Gasteiger partial charge in [0.15, 0.2) is 7.14 Å². The Bertz CT molecular complexity index is 2920. The van der Waals surface area contributed by atoms with E-state index in [0.29, 0.717) is 0 Å². The van der Waals surface area contributed by atoms with Crippen LogP contribution < -0.4 is 20.8 Å². The van der Waals surface area contributed by atoms with Crippen LogP contribution in [0.25, 0.3) is 20.2 Å². The van der Waals surface area contributed by atoms with E-state index in [1.807, 2.05) is 30.0 Å². The van der Waals surface area contributed by atoms with Crippen molar-refractivity contribution in [2.45, 2.75) is 15.2 Å². The van der Waals surface area contributed by atoms with E-state index in [1.54, 1.807) is 11.3 Å². The predicted molar refractivity (Wildman–Crippen MR) is 229 cm³/mol. The van der Waals surface area contributed by atoms with E-state index in [-0.39, 0.29) is 0 Å². The van der Waals surface area contributed by atoms with E-state index >= 15 is 4.57 Å². The van der Waals surface area contributed by atoms with Crippen LogP contribution >= 0.6 is 30.2 Å². The minimum absolute atomic E-state index is 0.716. The molecule has 5 heteroatoms. The van der Waals surface area contributed by atoms with Crippen molar-refractivity contribution in [1.29, 1.82) is 0 Å². The van der Waals surface area contributed by atoms with Gasteiger partial charge in [0.1, 0.15) is 0 Å². The summed E-state index contributed by atoms with van der Waals surface area (Å²) in [6, 6.07) is 69.2. The Kier molecular flexibility index (Phi) is 7.19. The first-order valence-corrected chi connectivity index (χ1v) is 21.5. The van der Waals surface area contributed by atoms with E-state index in [1.165, 1.54) is 36.4 Å². The SMILES string of the molecule is O=P1(c2ccccc2)c2ccccc2C2(c3ccccc3Sc3cc(N(c4ccccc4)c4ccccc4)ccc32)c2cc3c(cc21)sc1ccccc13. The van der Waals surface area contributed by atoms with E-state index in [0.717, 1.165) is 48.8 Å². The summed E-state index contributed by atoms with van der Waals surface area (Å²) in [6.07, 6.45) is 0. The minimum atomic E-state index is -3.32. The second kappa shape index (κ2) is 12.2. The zero-order chi connectivity index (χ0) is 35.9. The molecule has 2 atom stereocenters. The molecule has 2 unspecified atom stereocenters. The van der Waals surface area contributed by atoms with Crippen molar-refractivity contribution in [1.82, 2.24) is 0 Å². The number of hydrogen-bond acceptors (Lipinski definition) is 4. The monoisotopic (exact) mass is 745 g/mol. The molecule has 9 aromatic rings. The Morgan fingerprint density at radius 1 is 0.426 bits per heavy atom. The average Bonchev–Trinajstić information content (AvgIpc) is 3.61. The third-order valence-corrected chi connectivity index (χ3v) is 16.6. The standard InChI is InChI=1S/C49H32NOPS2/c51-52(36-20-8-3-9-21-36)43-25-13-11-23-39(43)49(42-31-38-37-22-10-14-26-45(37)53-47(38)32-44(42)52)40-24-12-15-27-46(40)54-48-30-35(28-29-41(48)49)50(33-16-4-1-5-17-33)34-18-6-2-7-19-34/h1-32H. The number of hydrogen-bond donors (Lipinski definition) is 0. The van der Waals surface area contributed by atoms with Gasteiger partial charge in [-0.05, 0) is 82.9 Å². The number of benzene rings is 8. The average molecular weight is 746 g/mol. The van der Waals surface area contributed by atoms with Crippen molar-refractivity contribution in [3.63, 3.8) is 0 Å². The number of anilines is 3. The molecule has 256 valence electrons. The van der Waals surface area contributed by atoms with Crippen LogP contribution in [0, 0.1) is 0 Å². The van der Waals surface area contributed by atoms with Crippen LogP contribution in [0.4, 0.5) is 17.1 Å². The Labute approximate surface area is 322 Å². The van der Waals surface area contributed by atoms with E-state index in [9.17, 15) is 0 Å². The fourth-order valence-electron chi connectivity index (χ4n) is 8.93. The number of thiophene rings is 1. The van der Waals surface area contributed by atoms with E-state index < -0.39 is 12.6 Å². The molecule has 0 amide bonds. The van der Waals surface area contributed by atoms with Gasteiger partial charge in [-0.25, -0.2) is 0 Å². The van der Waals surface area contributed by atoms with Crippen molar-refractivity contribution >= 4 is 83.4 Å². The Morgan fingerprint density at radius 2 is 1.04 bits per heavy atom. The van der Waals surface area contributed by atoms with Gasteiger partial charge in [-0.3, -0.25) is 0 Å². The fraction of sp³-hybridized carbons (Fsp3) is 0.0204. The molecular formula is C49H32NOPS2. The maximum atomic E-state index is 16.4. The van der Waals surface area contributed by atoms with Gasteiger partial charge in [-0.2, -0.15) is 0 Å². The largest absolute Gasteiger partial charge is 0.310 e. The zero-order valence-corrected chi connectivity index (χ0v) is 31.6. The summed E-state index contributed by atoms with van der Waals surface area (Å²) in [5, 5.41) is 5.15. The third-order valence-electron chi connectivity index (χ3n) is 11.2. The lowest BCUT2D eigenvalue weighted by Crippen LogP contribution is -2.48. The lowest BCUT2D eigenvalue weighted by Gasteiger charge is -2.48. The van der Waals surface area contributed by atoms with Crippen LogP contribution in [0.5, 0.6) is 0 Å². The number of para-hydroxylation sites is 2. The molecule has 0 N–H and O–H groups in total. The molecule has 2 aliphatic rings. The van der Waals surface area contributed by atoms with Crippen molar-refractivity contribution in [2.24, 2.45) is 0 Å². The first-order chi connectivity index (χ1) is 26.7. The van der Waals surface area contributed by atoms with Crippen LogP contribution in [0.15, 0.2) is 204 Å². The molecule has 54 heavy (non-hydrogen) atoms. The van der Waals surface area contributed by atoms with Gasteiger partial charge >= 0.3 is 0 Å². The van der Waals surface area contributed by atoms with E-state index in [4.69, 9.17) is 0 Å². The van der Waals surface area contributed by atoms with Crippen molar-refractivity contribution in [3.8, 4) is 0 Å². The highest BCUT2D eigenvalue weighted by Crippen LogP contribution is 2.62. The van der Waals surface area contributed by atoms with Crippen molar-refractivity contribution < 1.29 is 4.57 Å². The molecule has 3 heterocycles. The molecular weight excluding hydrogens is 714 g/mol. The Balaban J connectivity index is 1.27. The lowest BCUT2D eigenvalue weighted by atomic mass is 9.64. The second-order valence-corrected chi connectivity index (χ2v) is 18.8. The quantitative estimate of drug-likeness (QED) is 0.167. The third kappa shape index (κ3) is 4.45. The smallest absolute Gasteiger partial charge is 0.171 e. The summed E-state index contributed by atoms with van der Waals surface area (Å²) in [4.78, 5) is 4.73. The summed E-state index contributed by atoms with van der Waals surface area (Å²) in [7, 11) is -3.32. The van der Waals surface area contributed by atoms with Crippen LogP contribution in [0.2, 0.25) is 0 Å². The van der Waals surface area contributed by atoms with Crippen LogP contribution in [0.1, 0.15) is 22.3 Å². The van der Waals surface area contributed by atoms with Crippen LogP contribution in [-0.4, -0.2) is 0 Å². The van der Waals surface area contributed by atoms with Gasteiger partial charge in [0.2, 0.25) is 0 Å². The first-order valence-electron chi connectivity index (χ1n) is 18.2. The molecule has 8 aromatic carbocycles. The van der Waals surface area contributed by atoms with Gasteiger partial charge in [-0.1, -0.05) is 145 Å². The highest BCUT2D eigenvalue weighted by Gasteiger charge is 2.54. The highest BCUT2D eigenvalue weighted by atomic mass is 32.2. The Morgan fingerprint density at radius 3 is 1.80 bits per heavy atom. The van der Waals surface area contributed by atoms with Crippen LogP contribution in [-0.2, 0) is 9.98 Å². The highest BCUT2D eigenvalue weighted by molar-refractivity contribution is 7.99. The molecule has 0 fully saturated rings. The summed E-state index contributed by atoms with van der Waals surface area (Å²) >= 11 is 3.62. The predicted octanol–water partition coefficient (Wildman–Crippen LogP) is 12.3. The molecule has 2 nitrogen and oxygen atoms in total. The van der Waals surface area contributed by atoms with Gasteiger partial charge in [0.25, 0.3) is 0 Å². The number of rotatable bonds is 4. The number of nitrogens with zero attached hydrogens (tertiary/aromatic N) is 1. The molecule has 2 aliphatic heterocycles. The molecule has 0 radical (unpaired) electrons. The van der Waals surface area contributed by atoms with Crippen LogP contribution in [0.3, 0.4) is 0 Å². The summed E-state index contributed by atoms with van der Waals surface area (Å²) < 4.78 is 18.8. The number of fused-ring (bicyclic) bond motifs is 11. The fourth-order valence-corrected chi connectivity index (χ4v) is 14.5. The first kappa shape index (κ1) is 31.8. The molecule has 11 rings (SSSR count). The summed E-state index contributed by atoms with van der Waals surface area (Å²) in [6.45, 7) is 0. The molecule has 1 aromatic heterocycles. The Hall–Kier alpha value is -5.64. The normalized spacial score (nSPS) is 18.1. The molecule has 0 aliphatic carbocycles. The maximum absolute atomic E-state index is 16.4. The van der Waals surface area contributed by atoms with Gasteiger partial charge in [0, 0.05) is 62.9 Å². The van der Waals surface area contributed by atoms with E-state index in [2.05, 4.69) is 181 Å². The lowest BCUT2D eigenvalue weighted by molar-refractivity contribution is 0.589.